The molecule has 0 bridgehead atoms. The van der Waals surface area contributed by atoms with Gasteiger partial charge in [0.1, 0.15) is 5.82 Å². The molecule has 0 N–H and O–H groups in total. The van der Waals surface area contributed by atoms with Crippen LogP contribution in [0.1, 0.15) is 12.0 Å². The van der Waals surface area contributed by atoms with Gasteiger partial charge in [-0.05, 0) is 35.0 Å². The van der Waals surface area contributed by atoms with E-state index in [4.69, 9.17) is 0 Å². The van der Waals surface area contributed by atoms with E-state index in [1.54, 1.807) is 24.0 Å². The number of hydrogen-bond acceptors (Lipinski definition) is 1. The molecule has 0 aromatic heterocycles. The summed E-state index contributed by atoms with van der Waals surface area (Å²) in [7, 11) is 0. The molecule has 2 rings (SSSR count). The summed E-state index contributed by atoms with van der Waals surface area (Å²) in [6.07, 6.45) is 0.469. The van der Waals surface area contributed by atoms with Gasteiger partial charge in [0, 0.05) is 29.0 Å². The zero-order valence-electron chi connectivity index (χ0n) is 8.64. The molecule has 0 saturated carbocycles. The van der Waals surface area contributed by atoms with E-state index in [-0.39, 0.29) is 16.6 Å². The number of halogens is 3. The lowest BCUT2D eigenvalue weighted by molar-refractivity contribution is -0.117. The molecule has 16 heavy (non-hydrogen) atoms. The van der Waals surface area contributed by atoms with Gasteiger partial charge in [-0.2, -0.15) is 0 Å². The molecule has 1 unspecified atom stereocenters. The van der Waals surface area contributed by atoms with Crippen molar-refractivity contribution >= 4 is 43.5 Å². The van der Waals surface area contributed by atoms with Crippen LogP contribution in [0.15, 0.2) is 16.6 Å². The fraction of sp³-hybridized carbons (Fsp3) is 0.364. The lowest BCUT2D eigenvalue weighted by Crippen LogP contribution is -2.25. The number of anilines is 1. The van der Waals surface area contributed by atoms with Crippen molar-refractivity contribution in [3.8, 4) is 0 Å². The van der Waals surface area contributed by atoms with Crippen molar-refractivity contribution in [3.63, 3.8) is 0 Å². The van der Waals surface area contributed by atoms with Crippen LogP contribution in [0, 0.1) is 12.7 Å². The molecule has 0 spiro atoms. The SMILES string of the molecule is Cc1c(N2CC(Br)CC2=O)ccc(Br)c1F. The lowest BCUT2D eigenvalue weighted by atomic mass is 10.1. The first kappa shape index (κ1) is 12.0. The standard InChI is InChI=1S/C11H10Br2FNO/c1-6-9(3-2-8(13)11(6)14)15-5-7(12)4-10(15)16/h2-3,7H,4-5H2,1H3. The molecule has 1 heterocycles. The molecule has 0 aliphatic carbocycles. The van der Waals surface area contributed by atoms with E-state index in [1.807, 2.05) is 0 Å². The average molecular weight is 351 g/mol. The van der Waals surface area contributed by atoms with E-state index in [0.717, 1.165) is 0 Å². The largest absolute Gasteiger partial charge is 0.311 e. The van der Waals surface area contributed by atoms with Crippen molar-refractivity contribution in [1.29, 1.82) is 0 Å². The molecule has 1 aliphatic rings. The maximum absolute atomic E-state index is 13.7. The van der Waals surface area contributed by atoms with Crippen molar-refractivity contribution in [2.45, 2.75) is 18.2 Å². The topological polar surface area (TPSA) is 20.3 Å². The third kappa shape index (κ3) is 2.02. The highest BCUT2D eigenvalue weighted by molar-refractivity contribution is 9.10. The first-order valence-corrected chi connectivity index (χ1v) is 6.60. The second-order valence-electron chi connectivity index (χ2n) is 3.81. The van der Waals surface area contributed by atoms with Gasteiger partial charge in [-0.15, -0.1) is 0 Å². The first-order chi connectivity index (χ1) is 7.50. The zero-order valence-corrected chi connectivity index (χ0v) is 11.8. The van der Waals surface area contributed by atoms with Crippen LogP contribution >= 0.6 is 31.9 Å². The lowest BCUT2D eigenvalue weighted by Gasteiger charge is -2.19. The molecule has 1 aromatic rings. The molecule has 1 aliphatic heterocycles. The predicted octanol–water partition coefficient (Wildman–Crippen LogP) is 3.40. The first-order valence-electron chi connectivity index (χ1n) is 4.89. The number of alkyl halides is 1. The van der Waals surface area contributed by atoms with Crippen molar-refractivity contribution in [3.05, 3.63) is 28.0 Å². The van der Waals surface area contributed by atoms with Crippen LogP contribution < -0.4 is 4.90 Å². The maximum Gasteiger partial charge on any atom is 0.228 e. The van der Waals surface area contributed by atoms with E-state index in [9.17, 15) is 9.18 Å². The summed E-state index contributed by atoms with van der Waals surface area (Å²) >= 11 is 6.54. The normalized spacial score (nSPS) is 20.6. The van der Waals surface area contributed by atoms with Crippen LogP contribution in [0.5, 0.6) is 0 Å². The summed E-state index contributed by atoms with van der Waals surface area (Å²) in [5.74, 6) is -0.269. The van der Waals surface area contributed by atoms with Crippen LogP contribution in [0.4, 0.5) is 10.1 Å². The monoisotopic (exact) mass is 349 g/mol. The van der Waals surface area contributed by atoms with Crippen molar-refractivity contribution in [1.82, 2.24) is 0 Å². The van der Waals surface area contributed by atoms with Gasteiger partial charge < -0.3 is 4.90 Å². The van der Waals surface area contributed by atoms with E-state index in [2.05, 4.69) is 31.9 Å². The summed E-state index contributed by atoms with van der Waals surface area (Å²) in [4.78, 5) is 13.5. The number of carbonyl (C=O) groups excluding carboxylic acids is 1. The van der Waals surface area contributed by atoms with Gasteiger partial charge in [-0.1, -0.05) is 15.9 Å². The molecule has 1 atom stereocenters. The minimum absolute atomic E-state index is 0.0340. The fourth-order valence-electron chi connectivity index (χ4n) is 1.83. The van der Waals surface area contributed by atoms with E-state index in [0.29, 0.717) is 28.7 Å². The number of amides is 1. The van der Waals surface area contributed by atoms with Gasteiger partial charge in [0.25, 0.3) is 0 Å². The molecule has 1 fully saturated rings. The van der Waals surface area contributed by atoms with Crippen molar-refractivity contribution < 1.29 is 9.18 Å². The molecular formula is C11H10Br2FNO. The van der Waals surface area contributed by atoms with Gasteiger partial charge in [0.15, 0.2) is 0 Å². The Balaban J connectivity index is 2.42. The Bertz CT molecular complexity index is 450. The Kier molecular flexibility index (Phi) is 3.35. The van der Waals surface area contributed by atoms with Crippen molar-refractivity contribution in [2.24, 2.45) is 0 Å². The number of rotatable bonds is 1. The molecular weight excluding hydrogens is 341 g/mol. The van der Waals surface area contributed by atoms with Gasteiger partial charge >= 0.3 is 0 Å². The third-order valence-electron chi connectivity index (χ3n) is 2.68. The Morgan fingerprint density at radius 1 is 1.50 bits per heavy atom. The number of nitrogens with zero attached hydrogens (tertiary/aromatic N) is 1. The third-order valence-corrected chi connectivity index (χ3v) is 3.91. The summed E-state index contributed by atoms with van der Waals surface area (Å²) in [6.45, 7) is 2.28. The molecule has 0 radical (unpaired) electrons. The Morgan fingerprint density at radius 3 is 2.75 bits per heavy atom. The molecule has 2 nitrogen and oxygen atoms in total. The Hall–Kier alpha value is -0.420. The number of benzene rings is 1. The maximum atomic E-state index is 13.7. The van der Waals surface area contributed by atoms with Crippen LogP contribution in [0.25, 0.3) is 0 Å². The minimum Gasteiger partial charge on any atom is -0.311 e. The van der Waals surface area contributed by atoms with Crippen LogP contribution in [0.3, 0.4) is 0 Å². The fourth-order valence-corrected chi connectivity index (χ4v) is 2.83. The van der Waals surface area contributed by atoms with E-state index in [1.165, 1.54) is 0 Å². The Labute approximate surface area is 110 Å². The molecule has 1 amide bonds. The highest BCUT2D eigenvalue weighted by Gasteiger charge is 2.30. The van der Waals surface area contributed by atoms with Crippen LogP contribution in [-0.4, -0.2) is 17.3 Å². The average Bonchev–Trinajstić information content (AvgIpc) is 2.55. The second kappa shape index (κ2) is 4.45. The second-order valence-corrected chi connectivity index (χ2v) is 5.96. The Morgan fingerprint density at radius 2 is 2.19 bits per heavy atom. The van der Waals surface area contributed by atoms with Gasteiger partial charge in [-0.3, -0.25) is 4.79 Å². The highest BCUT2D eigenvalue weighted by Crippen LogP contribution is 2.31. The van der Waals surface area contributed by atoms with E-state index >= 15 is 0 Å². The molecule has 86 valence electrons. The quantitative estimate of drug-likeness (QED) is 0.711. The van der Waals surface area contributed by atoms with Crippen LogP contribution in [-0.2, 0) is 4.79 Å². The van der Waals surface area contributed by atoms with Gasteiger partial charge in [-0.25, -0.2) is 4.39 Å². The molecule has 1 saturated heterocycles. The highest BCUT2D eigenvalue weighted by atomic mass is 79.9. The van der Waals surface area contributed by atoms with Gasteiger partial charge in [0.05, 0.1) is 4.47 Å². The summed E-state index contributed by atoms with van der Waals surface area (Å²) in [5, 5.41) is 0. The molecule has 1 aromatic carbocycles. The predicted molar refractivity (Wildman–Crippen MR) is 68.5 cm³/mol. The van der Waals surface area contributed by atoms with E-state index < -0.39 is 0 Å². The smallest absolute Gasteiger partial charge is 0.228 e. The number of carbonyl (C=O) groups is 1. The molecule has 5 heteroatoms. The van der Waals surface area contributed by atoms with Gasteiger partial charge in [0.2, 0.25) is 5.91 Å². The minimum atomic E-state index is -0.302. The summed E-state index contributed by atoms with van der Waals surface area (Å²) in [6, 6.07) is 3.40. The summed E-state index contributed by atoms with van der Waals surface area (Å²) < 4.78 is 14.1. The summed E-state index contributed by atoms with van der Waals surface area (Å²) in [5.41, 5.74) is 1.16. The zero-order chi connectivity index (χ0) is 11.9. The number of hydrogen-bond donors (Lipinski definition) is 0. The van der Waals surface area contributed by atoms with Crippen LogP contribution in [0.2, 0.25) is 0 Å². The van der Waals surface area contributed by atoms with Crippen molar-refractivity contribution in [2.75, 3.05) is 11.4 Å².